The molecule has 0 heterocycles. The molecule has 2 aromatic rings. The third-order valence-electron chi connectivity index (χ3n) is 4.39. The van der Waals surface area contributed by atoms with Gasteiger partial charge in [0.15, 0.2) is 0 Å². The molecule has 1 aliphatic rings. The molecule has 98 valence electrons. The average Bonchev–Trinajstić information content (AvgIpc) is 2.44. The summed E-state index contributed by atoms with van der Waals surface area (Å²) in [5.74, 6) is 0.742. The lowest BCUT2D eigenvalue weighted by atomic mass is 9.73. The van der Waals surface area contributed by atoms with E-state index in [2.05, 4.69) is 43.3 Å². The normalized spacial score (nSPS) is 20.2. The largest absolute Gasteiger partial charge is 0.392 e. The Morgan fingerprint density at radius 2 is 1.74 bits per heavy atom. The molecule has 0 saturated heterocycles. The minimum atomic E-state index is -0.263. The van der Waals surface area contributed by atoms with E-state index < -0.39 is 0 Å². The van der Waals surface area contributed by atoms with Crippen LogP contribution in [0, 0.1) is 0 Å². The Balaban J connectivity index is 1.66. The first-order valence-corrected chi connectivity index (χ1v) is 7.06. The van der Waals surface area contributed by atoms with E-state index >= 15 is 0 Å². The molecule has 1 heteroatoms. The van der Waals surface area contributed by atoms with Crippen LogP contribution in [0.2, 0.25) is 0 Å². The lowest BCUT2D eigenvalue weighted by molar-refractivity contribution is 0.127. The van der Waals surface area contributed by atoms with Crippen LogP contribution in [-0.4, -0.2) is 11.2 Å². The monoisotopic (exact) mass is 252 g/mol. The van der Waals surface area contributed by atoms with Crippen molar-refractivity contribution in [1.82, 2.24) is 0 Å². The topological polar surface area (TPSA) is 20.2 Å². The number of hydrogen-bond acceptors (Lipinski definition) is 1. The maximum absolute atomic E-state index is 10.4. The van der Waals surface area contributed by atoms with E-state index in [1.807, 2.05) is 18.2 Å². The summed E-state index contributed by atoms with van der Waals surface area (Å²) in [5, 5.41) is 10.4. The van der Waals surface area contributed by atoms with Gasteiger partial charge in [-0.25, -0.2) is 0 Å². The molecule has 0 radical (unpaired) electrons. The summed E-state index contributed by atoms with van der Waals surface area (Å²) in [6, 6.07) is 18.9. The number of fused-ring (bicyclic) bond motifs is 1. The highest BCUT2D eigenvalue weighted by Crippen LogP contribution is 2.39. The Labute approximate surface area is 114 Å². The molecule has 0 bridgehead atoms. The van der Waals surface area contributed by atoms with E-state index in [0.29, 0.717) is 5.92 Å². The number of benzene rings is 2. The van der Waals surface area contributed by atoms with Crippen molar-refractivity contribution in [3.05, 3.63) is 71.3 Å². The predicted molar refractivity (Wildman–Crippen MR) is 78.4 cm³/mol. The average molecular weight is 252 g/mol. The quantitative estimate of drug-likeness (QED) is 0.875. The van der Waals surface area contributed by atoms with Crippen LogP contribution < -0.4 is 0 Å². The third-order valence-corrected chi connectivity index (χ3v) is 4.39. The van der Waals surface area contributed by atoms with Crippen LogP contribution in [0.5, 0.6) is 0 Å². The third kappa shape index (κ3) is 2.43. The molecule has 19 heavy (non-hydrogen) atoms. The van der Waals surface area contributed by atoms with E-state index in [9.17, 15) is 5.11 Å². The summed E-state index contributed by atoms with van der Waals surface area (Å²) in [6.07, 6.45) is 1.72. The van der Waals surface area contributed by atoms with Gasteiger partial charge in [-0.1, -0.05) is 61.5 Å². The van der Waals surface area contributed by atoms with Crippen molar-refractivity contribution in [2.24, 2.45) is 0 Å². The SMILES string of the molecule is CC(c1ccccc1)C(O)CC1Cc2ccccc21. The summed E-state index contributed by atoms with van der Waals surface area (Å²) < 4.78 is 0. The molecule has 3 atom stereocenters. The first kappa shape index (κ1) is 12.4. The highest BCUT2D eigenvalue weighted by molar-refractivity contribution is 5.40. The van der Waals surface area contributed by atoms with Crippen molar-refractivity contribution < 1.29 is 5.11 Å². The second kappa shape index (κ2) is 5.18. The molecule has 3 rings (SSSR count). The van der Waals surface area contributed by atoms with Crippen LogP contribution in [0.1, 0.15) is 41.9 Å². The van der Waals surface area contributed by atoms with Crippen LogP contribution in [0.4, 0.5) is 0 Å². The summed E-state index contributed by atoms with van der Waals surface area (Å²) in [5.41, 5.74) is 4.11. The van der Waals surface area contributed by atoms with Crippen molar-refractivity contribution in [2.75, 3.05) is 0 Å². The lowest BCUT2D eigenvalue weighted by Gasteiger charge is -2.33. The summed E-state index contributed by atoms with van der Waals surface area (Å²) >= 11 is 0. The van der Waals surface area contributed by atoms with Gasteiger partial charge in [0.25, 0.3) is 0 Å². The van der Waals surface area contributed by atoms with Gasteiger partial charge in [0.1, 0.15) is 0 Å². The van der Waals surface area contributed by atoms with Crippen LogP contribution in [0.3, 0.4) is 0 Å². The Morgan fingerprint density at radius 1 is 1.05 bits per heavy atom. The maximum Gasteiger partial charge on any atom is 0.0612 e. The van der Waals surface area contributed by atoms with Gasteiger partial charge < -0.3 is 5.11 Å². The molecule has 0 spiro atoms. The van der Waals surface area contributed by atoms with E-state index in [4.69, 9.17) is 0 Å². The van der Waals surface area contributed by atoms with Gasteiger partial charge >= 0.3 is 0 Å². The number of aliphatic hydroxyl groups excluding tert-OH is 1. The molecular weight excluding hydrogens is 232 g/mol. The van der Waals surface area contributed by atoms with Gasteiger partial charge in [-0.3, -0.25) is 0 Å². The van der Waals surface area contributed by atoms with Crippen molar-refractivity contribution >= 4 is 0 Å². The van der Waals surface area contributed by atoms with E-state index in [1.54, 1.807) is 0 Å². The zero-order chi connectivity index (χ0) is 13.2. The lowest BCUT2D eigenvalue weighted by Crippen LogP contribution is -2.25. The van der Waals surface area contributed by atoms with Gasteiger partial charge in [0.05, 0.1) is 6.10 Å². The highest BCUT2D eigenvalue weighted by atomic mass is 16.3. The molecule has 0 saturated carbocycles. The van der Waals surface area contributed by atoms with Crippen molar-refractivity contribution in [3.63, 3.8) is 0 Å². The van der Waals surface area contributed by atoms with Gasteiger partial charge in [-0.15, -0.1) is 0 Å². The molecule has 0 amide bonds. The molecule has 2 aromatic carbocycles. The molecule has 1 aliphatic carbocycles. The fourth-order valence-electron chi connectivity index (χ4n) is 3.05. The van der Waals surface area contributed by atoms with Gasteiger partial charge in [0, 0.05) is 5.92 Å². The zero-order valence-corrected chi connectivity index (χ0v) is 11.3. The Morgan fingerprint density at radius 3 is 2.47 bits per heavy atom. The van der Waals surface area contributed by atoms with Gasteiger partial charge in [0.2, 0.25) is 0 Å². The smallest absolute Gasteiger partial charge is 0.0612 e. The van der Waals surface area contributed by atoms with Gasteiger partial charge in [-0.05, 0) is 35.4 Å². The Bertz CT molecular complexity index is 547. The van der Waals surface area contributed by atoms with Gasteiger partial charge in [-0.2, -0.15) is 0 Å². The molecule has 3 unspecified atom stereocenters. The van der Waals surface area contributed by atoms with Crippen LogP contribution in [0.15, 0.2) is 54.6 Å². The minimum Gasteiger partial charge on any atom is -0.392 e. The highest BCUT2D eigenvalue weighted by Gasteiger charge is 2.29. The van der Waals surface area contributed by atoms with Crippen molar-refractivity contribution in [1.29, 1.82) is 0 Å². The Hall–Kier alpha value is -1.60. The molecule has 0 fully saturated rings. The summed E-state index contributed by atoms with van der Waals surface area (Å²) in [7, 11) is 0. The van der Waals surface area contributed by atoms with Crippen LogP contribution in [-0.2, 0) is 6.42 Å². The maximum atomic E-state index is 10.4. The molecule has 1 nitrogen and oxygen atoms in total. The van der Waals surface area contributed by atoms with E-state index in [0.717, 1.165) is 12.8 Å². The molecule has 0 aromatic heterocycles. The van der Waals surface area contributed by atoms with Crippen molar-refractivity contribution in [3.8, 4) is 0 Å². The number of aliphatic hydroxyl groups is 1. The van der Waals surface area contributed by atoms with Crippen molar-refractivity contribution in [2.45, 2.75) is 37.7 Å². The number of rotatable bonds is 4. The Kier molecular flexibility index (Phi) is 3.39. The first-order chi connectivity index (χ1) is 9.25. The zero-order valence-electron chi connectivity index (χ0n) is 11.3. The molecule has 0 aliphatic heterocycles. The fraction of sp³-hybridized carbons (Fsp3) is 0.333. The molecular formula is C18H20O. The first-order valence-electron chi connectivity index (χ1n) is 7.06. The van der Waals surface area contributed by atoms with E-state index in [-0.39, 0.29) is 12.0 Å². The standard InChI is InChI=1S/C18H20O/c1-13(14-7-3-2-4-8-14)18(19)12-16-11-15-9-5-6-10-17(15)16/h2-10,13,16,18-19H,11-12H2,1H3. The number of hydrogen-bond donors (Lipinski definition) is 1. The van der Waals surface area contributed by atoms with Crippen LogP contribution in [0.25, 0.3) is 0 Å². The minimum absolute atomic E-state index is 0.203. The summed E-state index contributed by atoms with van der Waals surface area (Å²) in [4.78, 5) is 0. The van der Waals surface area contributed by atoms with E-state index in [1.165, 1.54) is 16.7 Å². The summed E-state index contributed by atoms with van der Waals surface area (Å²) in [6.45, 7) is 2.12. The molecule has 1 N–H and O–H groups in total. The fourth-order valence-corrected chi connectivity index (χ4v) is 3.05. The van der Waals surface area contributed by atoms with Crippen LogP contribution >= 0.6 is 0 Å². The second-order valence-electron chi connectivity index (χ2n) is 5.60. The second-order valence-corrected chi connectivity index (χ2v) is 5.60. The predicted octanol–water partition coefficient (Wildman–Crippen LogP) is 3.88.